The van der Waals surface area contributed by atoms with Crippen LogP contribution in [0.3, 0.4) is 0 Å². The number of nitrogens with one attached hydrogen (secondary N) is 1. The summed E-state index contributed by atoms with van der Waals surface area (Å²) in [5.41, 5.74) is 3.69. The highest BCUT2D eigenvalue weighted by molar-refractivity contribution is 9.10. The summed E-state index contributed by atoms with van der Waals surface area (Å²) in [4.78, 5) is 0. The molecule has 0 spiro atoms. The van der Waals surface area contributed by atoms with E-state index in [9.17, 15) is 0 Å². The number of halogens is 2. The van der Waals surface area contributed by atoms with Crippen molar-refractivity contribution < 1.29 is 0 Å². The maximum atomic E-state index is 6.11. The average molecular weight is 353 g/mol. The van der Waals surface area contributed by atoms with Crippen LogP contribution < -0.4 is 5.32 Å². The maximum absolute atomic E-state index is 6.11. The lowest BCUT2D eigenvalue weighted by atomic mass is 10.0. The molecule has 106 valence electrons. The third-order valence-corrected chi connectivity index (χ3v) is 4.74. The molecule has 0 heterocycles. The molecule has 2 aromatic carbocycles. The van der Waals surface area contributed by atoms with Gasteiger partial charge in [0.05, 0.1) is 15.2 Å². The zero-order valence-corrected chi connectivity index (χ0v) is 14.1. The molecule has 0 saturated heterocycles. The van der Waals surface area contributed by atoms with Crippen molar-refractivity contribution in [2.24, 2.45) is 0 Å². The van der Waals surface area contributed by atoms with Gasteiger partial charge >= 0.3 is 0 Å². The second kappa shape index (κ2) is 7.14. The quantitative estimate of drug-likeness (QED) is 0.672. The number of aryl methyl sites for hydroxylation is 1. The minimum atomic E-state index is 0.237. The molecule has 3 heteroatoms. The molecule has 20 heavy (non-hydrogen) atoms. The second-order valence-corrected chi connectivity index (χ2v) is 6.16. The minimum Gasteiger partial charge on any atom is -0.378 e. The molecule has 0 fully saturated rings. The lowest BCUT2D eigenvalue weighted by Crippen LogP contribution is -2.07. The van der Waals surface area contributed by atoms with Crippen LogP contribution in [0.4, 0.5) is 5.69 Å². The van der Waals surface area contributed by atoms with Gasteiger partial charge in [-0.1, -0.05) is 55.3 Å². The Balaban J connectivity index is 2.11. The minimum absolute atomic E-state index is 0.237. The Morgan fingerprint density at radius 3 is 2.50 bits per heavy atom. The fraction of sp³-hybridized carbons (Fsp3) is 0.294. The Kier molecular flexibility index (Phi) is 5.50. The number of benzene rings is 2. The number of anilines is 1. The van der Waals surface area contributed by atoms with Gasteiger partial charge < -0.3 is 5.32 Å². The van der Waals surface area contributed by atoms with Crippen LogP contribution in [0.5, 0.6) is 0 Å². The van der Waals surface area contributed by atoms with Crippen molar-refractivity contribution in [1.82, 2.24) is 0 Å². The molecular weight excluding hydrogens is 334 g/mol. The number of rotatable bonds is 5. The Bertz CT molecular complexity index is 566. The molecule has 0 aromatic heterocycles. The van der Waals surface area contributed by atoms with Crippen LogP contribution in [0.1, 0.15) is 37.4 Å². The first-order valence-corrected chi connectivity index (χ1v) is 8.08. The Labute approximate surface area is 134 Å². The van der Waals surface area contributed by atoms with Gasteiger partial charge in [-0.2, -0.15) is 0 Å². The molecule has 0 aliphatic carbocycles. The van der Waals surface area contributed by atoms with Gasteiger partial charge in [0.25, 0.3) is 0 Å². The first-order valence-electron chi connectivity index (χ1n) is 6.91. The third kappa shape index (κ3) is 3.77. The first kappa shape index (κ1) is 15.4. The molecular formula is C17H19BrClN. The molecule has 2 aromatic rings. The predicted molar refractivity (Wildman–Crippen MR) is 91.6 cm³/mol. The van der Waals surface area contributed by atoms with Crippen molar-refractivity contribution in [1.29, 1.82) is 0 Å². The Morgan fingerprint density at radius 1 is 1.15 bits per heavy atom. The molecule has 2 rings (SSSR count). The van der Waals surface area contributed by atoms with Gasteiger partial charge in [-0.15, -0.1) is 0 Å². The summed E-state index contributed by atoms with van der Waals surface area (Å²) in [7, 11) is 0. The molecule has 0 bridgehead atoms. The zero-order valence-electron chi connectivity index (χ0n) is 11.8. The topological polar surface area (TPSA) is 12.0 Å². The van der Waals surface area contributed by atoms with E-state index in [1.165, 1.54) is 17.5 Å². The van der Waals surface area contributed by atoms with Crippen molar-refractivity contribution in [3.8, 4) is 0 Å². The van der Waals surface area contributed by atoms with Gasteiger partial charge in [0.2, 0.25) is 0 Å². The zero-order chi connectivity index (χ0) is 14.5. The summed E-state index contributed by atoms with van der Waals surface area (Å²) in [6.07, 6.45) is 2.32. The molecule has 0 aliphatic heterocycles. The molecule has 1 N–H and O–H groups in total. The average Bonchev–Trinajstić information content (AvgIpc) is 2.45. The lowest BCUT2D eigenvalue weighted by molar-refractivity contribution is 0.875. The lowest BCUT2D eigenvalue weighted by Gasteiger charge is -2.17. The van der Waals surface area contributed by atoms with E-state index < -0.39 is 0 Å². The van der Waals surface area contributed by atoms with Crippen molar-refractivity contribution in [3.63, 3.8) is 0 Å². The van der Waals surface area contributed by atoms with Crippen molar-refractivity contribution in [2.45, 2.75) is 32.7 Å². The van der Waals surface area contributed by atoms with E-state index in [1.807, 2.05) is 18.2 Å². The van der Waals surface area contributed by atoms with Crippen LogP contribution in [-0.2, 0) is 6.42 Å². The summed E-state index contributed by atoms with van der Waals surface area (Å²) in [5, 5.41) is 4.21. The van der Waals surface area contributed by atoms with Crippen LogP contribution >= 0.6 is 27.5 Å². The van der Waals surface area contributed by atoms with E-state index in [0.29, 0.717) is 0 Å². The molecule has 0 amide bonds. The molecule has 0 radical (unpaired) electrons. The van der Waals surface area contributed by atoms with E-state index in [0.717, 1.165) is 21.6 Å². The second-order valence-electron chi connectivity index (χ2n) is 4.96. The van der Waals surface area contributed by atoms with Crippen LogP contribution in [0, 0.1) is 0 Å². The van der Waals surface area contributed by atoms with Gasteiger partial charge in [0.15, 0.2) is 0 Å². The normalized spacial score (nSPS) is 12.2. The van der Waals surface area contributed by atoms with Crippen LogP contribution in [0.15, 0.2) is 46.9 Å². The molecule has 1 atom stereocenters. The summed E-state index contributed by atoms with van der Waals surface area (Å²) in [6.45, 7) is 4.36. The van der Waals surface area contributed by atoms with Gasteiger partial charge in [0, 0.05) is 6.04 Å². The van der Waals surface area contributed by atoms with Gasteiger partial charge in [0.1, 0.15) is 0 Å². The Morgan fingerprint density at radius 2 is 1.85 bits per heavy atom. The first-order chi connectivity index (χ1) is 9.61. The predicted octanol–water partition coefficient (Wildman–Crippen LogP) is 6.23. The highest BCUT2D eigenvalue weighted by Crippen LogP contribution is 2.32. The van der Waals surface area contributed by atoms with Crippen LogP contribution in [-0.4, -0.2) is 0 Å². The fourth-order valence-electron chi connectivity index (χ4n) is 2.19. The third-order valence-electron chi connectivity index (χ3n) is 3.34. The molecule has 0 saturated carbocycles. The number of hydrogen-bond acceptors (Lipinski definition) is 1. The van der Waals surface area contributed by atoms with Crippen molar-refractivity contribution in [3.05, 3.63) is 63.1 Å². The monoisotopic (exact) mass is 351 g/mol. The highest BCUT2D eigenvalue weighted by atomic mass is 79.9. The summed E-state index contributed by atoms with van der Waals surface area (Å²) >= 11 is 9.63. The summed E-state index contributed by atoms with van der Waals surface area (Å²) in [5.74, 6) is 0. The fourth-order valence-corrected chi connectivity index (χ4v) is 2.75. The van der Waals surface area contributed by atoms with Crippen LogP contribution in [0.25, 0.3) is 0 Å². The number of hydrogen-bond donors (Lipinski definition) is 1. The maximum Gasteiger partial charge on any atom is 0.0593 e. The van der Waals surface area contributed by atoms with E-state index in [4.69, 9.17) is 11.6 Å². The Hall–Kier alpha value is -0.990. The van der Waals surface area contributed by atoms with Crippen molar-refractivity contribution >= 4 is 33.2 Å². The van der Waals surface area contributed by atoms with E-state index in [-0.39, 0.29) is 6.04 Å². The van der Waals surface area contributed by atoms with Crippen molar-refractivity contribution in [2.75, 3.05) is 5.32 Å². The van der Waals surface area contributed by atoms with Gasteiger partial charge in [-0.25, -0.2) is 0 Å². The summed E-state index contributed by atoms with van der Waals surface area (Å²) in [6, 6.07) is 14.9. The smallest absolute Gasteiger partial charge is 0.0593 e. The van der Waals surface area contributed by atoms with E-state index >= 15 is 0 Å². The highest BCUT2D eigenvalue weighted by Gasteiger charge is 2.09. The SMILES string of the molecule is CCCc1ccc(C(C)Nc2cccc(Cl)c2Br)cc1. The van der Waals surface area contributed by atoms with E-state index in [1.54, 1.807) is 0 Å². The molecule has 0 aliphatic rings. The standard InChI is InChI=1S/C17H19BrClN/c1-3-5-13-8-10-14(11-9-13)12(2)20-16-7-4-6-15(19)17(16)18/h4,6-12,20H,3,5H2,1-2H3. The van der Waals surface area contributed by atoms with Gasteiger partial charge in [-0.3, -0.25) is 0 Å². The largest absolute Gasteiger partial charge is 0.378 e. The molecule has 1 nitrogen and oxygen atoms in total. The van der Waals surface area contributed by atoms with Gasteiger partial charge in [-0.05, 0) is 52.5 Å². The summed E-state index contributed by atoms with van der Waals surface area (Å²) < 4.78 is 0.913. The molecule has 1 unspecified atom stereocenters. The van der Waals surface area contributed by atoms with E-state index in [2.05, 4.69) is 59.4 Å². The van der Waals surface area contributed by atoms with Crippen LogP contribution in [0.2, 0.25) is 5.02 Å².